The van der Waals surface area contributed by atoms with Crippen LogP contribution in [-0.2, 0) is 4.79 Å². The number of aliphatic carboxylic acids is 1. The fourth-order valence-corrected chi connectivity index (χ4v) is 1.24. The van der Waals surface area contributed by atoms with Crippen molar-refractivity contribution < 1.29 is 19.0 Å². The molecular weight excluding hydrogens is 225 g/mol. The Kier molecular flexibility index (Phi) is 4.75. The third-order valence-electron chi connectivity index (χ3n) is 2.27. The van der Waals surface area contributed by atoms with E-state index in [9.17, 15) is 9.18 Å². The molecule has 2 N–H and O–H groups in total. The van der Waals surface area contributed by atoms with Gasteiger partial charge in [-0.2, -0.15) is 0 Å². The van der Waals surface area contributed by atoms with Crippen molar-refractivity contribution >= 4 is 11.7 Å². The fraction of sp³-hybridized carbons (Fsp3) is 0.417. The van der Waals surface area contributed by atoms with Crippen molar-refractivity contribution in [3.05, 3.63) is 24.0 Å². The zero-order valence-electron chi connectivity index (χ0n) is 9.87. The van der Waals surface area contributed by atoms with E-state index in [0.717, 1.165) is 0 Å². The molecular formula is C12H16FNO3. The average Bonchev–Trinajstić information content (AvgIpc) is 2.29. The standard InChI is InChI=1S/C12H16FNO3/c1-3-17-11-5-4-9(6-10(11)13)14-7-8(2)12(15)16/h4-6,8,14H,3,7H2,1-2H3,(H,15,16). The molecule has 0 heterocycles. The minimum absolute atomic E-state index is 0.198. The molecule has 1 rings (SSSR count). The fourth-order valence-electron chi connectivity index (χ4n) is 1.24. The minimum Gasteiger partial charge on any atom is -0.491 e. The van der Waals surface area contributed by atoms with Gasteiger partial charge in [-0.3, -0.25) is 4.79 Å². The first-order valence-electron chi connectivity index (χ1n) is 5.43. The van der Waals surface area contributed by atoms with E-state index >= 15 is 0 Å². The maximum atomic E-state index is 13.4. The van der Waals surface area contributed by atoms with Crippen LogP contribution in [0.15, 0.2) is 18.2 Å². The zero-order valence-corrected chi connectivity index (χ0v) is 9.87. The van der Waals surface area contributed by atoms with Gasteiger partial charge in [0.25, 0.3) is 0 Å². The summed E-state index contributed by atoms with van der Waals surface area (Å²) in [7, 11) is 0. The predicted octanol–water partition coefficient (Wildman–Crippen LogP) is 2.36. The lowest BCUT2D eigenvalue weighted by Crippen LogP contribution is -2.19. The van der Waals surface area contributed by atoms with Crippen LogP contribution in [0.4, 0.5) is 10.1 Å². The topological polar surface area (TPSA) is 58.6 Å². The lowest BCUT2D eigenvalue weighted by molar-refractivity contribution is -0.140. The van der Waals surface area contributed by atoms with Crippen molar-refractivity contribution in [1.82, 2.24) is 0 Å². The van der Waals surface area contributed by atoms with E-state index in [-0.39, 0.29) is 12.3 Å². The summed E-state index contributed by atoms with van der Waals surface area (Å²) in [6.45, 7) is 4.02. The van der Waals surface area contributed by atoms with E-state index in [2.05, 4.69) is 5.32 Å². The van der Waals surface area contributed by atoms with Crippen LogP contribution in [0.5, 0.6) is 5.75 Å². The van der Waals surface area contributed by atoms with Gasteiger partial charge in [0.05, 0.1) is 12.5 Å². The van der Waals surface area contributed by atoms with E-state index in [1.54, 1.807) is 19.9 Å². The summed E-state index contributed by atoms with van der Waals surface area (Å²) in [5.41, 5.74) is 0.541. The quantitative estimate of drug-likeness (QED) is 0.802. The molecule has 0 fully saturated rings. The second-order valence-electron chi connectivity index (χ2n) is 3.70. The molecule has 0 aliphatic rings. The summed E-state index contributed by atoms with van der Waals surface area (Å²) >= 11 is 0. The molecule has 4 nitrogen and oxygen atoms in total. The molecule has 0 aliphatic carbocycles. The summed E-state index contributed by atoms with van der Waals surface area (Å²) < 4.78 is 18.5. The van der Waals surface area contributed by atoms with Crippen LogP contribution >= 0.6 is 0 Å². The minimum atomic E-state index is -0.885. The van der Waals surface area contributed by atoms with Crippen molar-refractivity contribution in [3.63, 3.8) is 0 Å². The highest BCUT2D eigenvalue weighted by atomic mass is 19.1. The number of halogens is 1. The average molecular weight is 241 g/mol. The number of carbonyl (C=O) groups is 1. The lowest BCUT2D eigenvalue weighted by Gasteiger charge is -2.11. The first kappa shape index (κ1) is 13.3. The Bertz CT molecular complexity index is 395. The van der Waals surface area contributed by atoms with Crippen LogP contribution in [0, 0.1) is 11.7 Å². The molecule has 0 radical (unpaired) electrons. The van der Waals surface area contributed by atoms with Gasteiger partial charge in [0, 0.05) is 18.3 Å². The highest BCUT2D eigenvalue weighted by molar-refractivity contribution is 5.70. The maximum Gasteiger partial charge on any atom is 0.308 e. The van der Waals surface area contributed by atoms with Gasteiger partial charge in [0.2, 0.25) is 0 Å². The molecule has 5 heteroatoms. The van der Waals surface area contributed by atoms with Crippen molar-refractivity contribution in [2.45, 2.75) is 13.8 Å². The number of carboxylic acid groups (broad SMARTS) is 1. The summed E-state index contributed by atoms with van der Waals surface area (Å²) in [6.07, 6.45) is 0. The van der Waals surface area contributed by atoms with E-state index in [4.69, 9.17) is 9.84 Å². The van der Waals surface area contributed by atoms with Crippen molar-refractivity contribution in [3.8, 4) is 5.75 Å². The molecule has 0 saturated heterocycles. The molecule has 0 bridgehead atoms. The van der Waals surface area contributed by atoms with Gasteiger partial charge in [-0.1, -0.05) is 6.92 Å². The van der Waals surface area contributed by atoms with Crippen LogP contribution in [0.3, 0.4) is 0 Å². The maximum absolute atomic E-state index is 13.4. The molecule has 1 aromatic carbocycles. The normalized spacial score (nSPS) is 11.9. The van der Waals surface area contributed by atoms with Gasteiger partial charge in [-0.15, -0.1) is 0 Å². The molecule has 0 saturated carbocycles. The van der Waals surface area contributed by atoms with Gasteiger partial charge < -0.3 is 15.2 Å². The monoisotopic (exact) mass is 241 g/mol. The number of hydrogen-bond acceptors (Lipinski definition) is 3. The first-order chi connectivity index (χ1) is 8.04. The summed E-state index contributed by atoms with van der Waals surface area (Å²) in [6, 6.07) is 4.47. The molecule has 0 spiro atoms. The van der Waals surface area contributed by atoms with Gasteiger partial charge in [0.1, 0.15) is 0 Å². The van der Waals surface area contributed by atoms with E-state index in [0.29, 0.717) is 12.3 Å². The van der Waals surface area contributed by atoms with E-state index in [1.807, 2.05) is 0 Å². The zero-order chi connectivity index (χ0) is 12.8. The molecule has 0 aromatic heterocycles. The third-order valence-corrected chi connectivity index (χ3v) is 2.27. The summed E-state index contributed by atoms with van der Waals surface area (Å²) in [4.78, 5) is 10.6. The third kappa shape index (κ3) is 3.94. The molecule has 17 heavy (non-hydrogen) atoms. The summed E-state index contributed by atoms with van der Waals surface area (Å²) in [5, 5.41) is 11.6. The number of carboxylic acids is 1. The van der Waals surface area contributed by atoms with Gasteiger partial charge in [-0.05, 0) is 19.1 Å². The second kappa shape index (κ2) is 6.08. The SMILES string of the molecule is CCOc1ccc(NCC(C)C(=O)O)cc1F. The molecule has 1 unspecified atom stereocenters. The van der Waals surface area contributed by atoms with Gasteiger partial charge in [-0.25, -0.2) is 4.39 Å². The lowest BCUT2D eigenvalue weighted by atomic mass is 10.2. The Hall–Kier alpha value is -1.78. The Morgan fingerprint density at radius 1 is 1.59 bits per heavy atom. The number of benzene rings is 1. The second-order valence-corrected chi connectivity index (χ2v) is 3.70. The Balaban J connectivity index is 2.61. The van der Waals surface area contributed by atoms with Crippen LogP contribution in [0.25, 0.3) is 0 Å². The number of rotatable bonds is 6. The predicted molar refractivity (Wildman–Crippen MR) is 62.9 cm³/mol. The number of ether oxygens (including phenoxy) is 1. The van der Waals surface area contributed by atoms with Gasteiger partial charge >= 0.3 is 5.97 Å². The molecule has 0 aliphatic heterocycles. The summed E-state index contributed by atoms with van der Waals surface area (Å²) in [5.74, 6) is -1.67. The van der Waals surface area contributed by atoms with Crippen LogP contribution in [0.1, 0.15) is 13.8 Å². The number of anilines is 1. The van der Waals surface area contributed by atoms with Crippen LogP contribution in [0.2, 0.25) is 0 Å². The highest BCUT2D eigenvalue weighted by Gasteiger charge is 2.10. The Morgan fingerprint density at radius 2 is 2.29 bits per heavy atom. The number of nitrogens with one attached hydrogen (secondary N) is 1. The molecule has 0 amide bonds. The van der Waals surface area contributed by atoms with Crippen molar-refractivity contribution in [1.29, 1.82) is 0 Å². The van der Waals surface area contributed by atoms with Crippen molar-refractivity contribution in [2.24, 2.45) is 5.92 Å². The van der Waals surface area contributed by atoms with E-state index < -0.39 is 17.7 Å². The van der Waals surface area contributed by atoms with Crippen LogP contribution < -0.4 is 10.1 Å². The Morgan fingerprint density at radius 3 is 2.82 bits per heavy atom. The molecule has 94 valence electrons. The van der Waals surface area contributed by atoms with E-state index in [1.165, 1.54) is 12.1 Å². The van der Waals surface area contributed by atoms with Crippen molar-refractivity contribution in [2.75, 3.05) is 18.5 Å². The number of hydrogen-bond donors (Lipinski definition) is 2. The largest absolute Gasteiger partial charge is 0.491 e. The molecule has 1 aromatic rings. The first-order valence-corrected chi connectivity index (χ1v) is 5.43. The smallest absolute Gasteiger partial charge is 0.308 e. The molecule has 1 atom stereocenters. The van der Waals surface area contributed by atoms with Gasteiger partial charge in [0.15, 0.2) is 11.6 Å². The Labute approximate surface area is 99.4 Å². The highest BCUT2D eigenvalue weighted by Crippen LogP contribution is 2.21. The van der Waals surface area contributed by atoms with Crippen LogP contribution in [-0.4, -0.2) is 24.2 Å².